The number of nitrogens with two attached hydrogens (primary N) is 1. The normalized spacial score (nSPS) is 14.6. The van der Waals surface area contributed by atoms with Crippen LogP contribution >= 0.6 is 23.4 Å². The minimum absolute atomic E-state index is 0.183. The molecule has 3 aromatic heterocycles. The van der Waals surface area contributed by atoms with Gasteiger partial charge < -0.3 is 31.1 Å². The van der Waals surface area contributed by atoms with Gasteiger partial charge in [0.2, 0.25) is 5.88 Å². The molecule has 13 nitrogen and oxygen atoms in total. The molecule has 1 aliphatic rings. The Balaban J connectivity index is 1.26. The summed E-state index contributed by atoms with van der Waals surface area (Å²) in [6, 6.07) is 9.77. The maximum absolute atomic E-state index is 13.0. The van der Waals surface area contributed by atoms with E-state index in [0.717, 1.165) is 16.2 Å². The molecule has 236 valence electrons. The zero-order valence-corrected chi connectivity index (χ0v) is 26.7. The van der Waals surface area contributed by atoms with E-state index in [-0.39, 0.29) is 22.2 Å². The van der Waals surface area contributed by atoms with E-state index in [9.17, 15) is 19.5 Å². The van der Waals surface area contributed by atoms with Crippen LogP contribution in [-0.4, -0.2) is 60.7 Å². The van der Waals surface area contributed by atoms with Gasteiger partial charge in [-0.2, -0.15) is 4.98 Å². The summed E-state index contributed by atoms with van der Waals surface area (Å²) in [6.45, 7) is 8.73. The Morgan fingerprint density at radius 1 is 1.13 bits per heavy atom. The summed E-state index contributed by atoms with van der Waals surface area (Å²) in [7, 11) is 0. The van der Waals surface area contributed by atoms with Crippen LogP contribution in [-0.2, 0) is 4.74 Å². The number of nitrogens with one attached hydrogen (secondary N) is 2. The predicted octanol–water partition coefficient (Wildman–Crippen LogP) is 4.71. The van der Waals surface area contributed by atoms with Crippen LogP contribution in [0.3, 0.4) is 0 Å². The third-order valence-corrected chi connectivity index (χ3v) is 8.69. The SMILES string of the molecule is CC1(NC(=O)OC(C)(C)C)CCN(c2cnc(Sc3cccc(NC(=O)c4c(O)nc5ccccn5c4=O)c3Cl)c(N)n2)CC1. The monoisotopic (exact) mass is 652 g/mol. The van der Waals surface area contributed by atoms with Crippen molar-refractivity contribution in [1.82, 2.24) is 24.7 Å². The minimum Gasteiger partial charge on any atom is -0.493 e. The van der Waals surface area contributed by atoms with Crippen molar-refractivity contribution in [3.63, 3.8) is 0 Å². The van der Waals surface area contributed by atoms with Gasteiger partial charge in [0, 0.05) is 29.7 Å². The Hall–Kier alpha value is -4.56. The van der Waals surface area contributed by atoms with E-state index in [1.165, 1.54) is 12.3 Å². The van der Waals surface area contributed by atoms with E-state index >= 15 is 0 Å². The third kappa shape index (κ3) is 7.23. The number of alkyl carbamates (subject to hydrolysis) is 1. The summed E-state index contributed by atoms with van der Waals surface area (Å²) in [6.07, 6.45) is 4.00. The van der Waals surface area contributed by atoms with Gasteiger partial charge in [0.25, 0.3) is 11.5 Å². The second kappa shape index (κ2) is 12.4. The lowest BCUT2D eigenvalue weighted by Crippen LogP contribution is -2.54. The first-order chi connectivity index (χ1) is 21.2. The van der Waals surface area contributed by atoms with Gasteiger partial charge in [-0.05, 0) is 64.8 Å². The van der Waals surface area contributed by atoms with Gasteiger partial charge in [-0.3, -0.25) is 14.0 Å². The topological polar surface area (TPSA) is 177 Å². The number of benzene rings is 1. The number of rotatable bonds is 6. The molecule has 0 aliphatic carbocycles. The first-order valence-corrected chi connectivity index (χ1v) is 15.3. The lowest BCUT2D eigenvalue weighted by Gasteiger charge is -2.40. The molecule has 1 fully saturated rings. The van der Waals surface area contributed by atoms with E-state index in [0.29, 0.717) is 41.7 Å². The fourth-order valence-electron chi connectivity index (χ4n) is 4.77. The molecule has 45 heavy (non-hydrogen) atoms. The maximum atomic E-state index is 13.0. The van der Waals surface area contributed by atoms with Crippen molar-refractivity contribution in [3.05, 3.63) is 69.7 Å². The van der Waals surface area contributed by atoms with E-state index in [1.54, 1.807) is 36.5 Å². The van der Waals surface area contributed by atoms with Crippen LogP contribution < -0.4 is 26.8 Å². The third-order valence-electron chi connectivity index (χ3n) is 7.11. The van der Waals surface area contributed by atoms with Crippen LogP contribution in [0.1, 0.15) is 50.9 Å². The molecular weight excluding hydrogens is 620 g/mol. The van der Waals surface area contributed by atoms with Crippen LogP contribution in [0.5, 0.6) is 5.88 Å². The van der Waals surface area contributed by atoms with Crippen molar-refractivity contribution in [1.29, 1.82) is 0 Å². The lowest BCUT2D eigenvalue weighted by atomic mass is 9.90. The average Bonchev–Trinajstić information content (AvgIpc) is 2.95. The summed E-state index contributed by atoms with van der Waals surface area (Å²) < 4.78 is 6.58. The number of aromatic nitrogens is 4. The highest BCUT2D eigenvalue weighted by molar-refractivity contribution is 7.99. The molecule has 0 bridgehead atoms. The van der Waals surface area contributed by atoms with Crippen LogP contribution in [0.2, 0.25) is 5.02 Å². The number of halogens is 1. The summed E-state index contributed by atoms with van der Waals surface area (Å²) >= 11 is 7.80. The van der Waals surface area contributed by atoms with E-state index < -0.39 is 40.1 Å². The standard InChI is InChI=1S/C30H33ClN8O5S/c1-29(2,3)44-28(43)37-30(4)11-14-38(15-12-30)20-16-33-26(23(32)35-20)45-18-9-7-8-17(22(18)31)34-24(40)21-25(41)36-19-10-5-6-13-39(19)27(21)42/h5-10,13,16,41H,11-12,14-15H2,1-4H3,(H2,32,35)(H,34,40)(H,37,43). The maximum Gasteiger partial charge on any atom is 0.408 e. The highest BCUT2D eigenvalue weighted by atomic mass is 35.5. The van der Waals surface area contributed by atoms with Gasteiger partial charge >= 0.3 is 6.09 Å². The smallest absolute Gasteiger partial charge is 0.408 e. The van der Waals surface area contributed by atoms with Gasteiger partial charge in [-0.1, -0.05) is 35.5 Å². The number of anilines is 3. The molecule has 4 aromatic rings. The van der Waals surface area contributed by atoms with Gasteiger partial charge in [0.05, 0.1) is 16.9 Å². The van der Waals surface area contributed by atoms with Crippen molar-refractivity contribution < 1.29 is 19.4 Å². The molecule has 15 heteroatoms. The van der Waals surface area contributed by atoms with Crippen molar-refractivity contribution in [2.45, 2.75) is 61.6 Å². The van der Waals surface area contributed by atoms with Gasteiger partial charge in [0.15, 0.2) is 11.4 Å². The largest absolute Gasteiger partial charge is 0.493 e. The number of aromatic hydroxyl groups is 1. The number of piperidine rings is 1. The van der Waals surface area contributed by atoms with Crippen molar-refractivity contribution in [2.24, 2.45) is 0 Å². The van der Waals surface area contributed by atoms with Crippen molar-refractivity contribution in [3.8, 4) is 5.88 Å². The number of fused-ring (bicyclic) bond motifs is 1. The quantitative estimate of drug-likeness (QED) is 0.227. The fourth-order valence-corrected chi connectivity index (χ4v) is 5.87. The van der Waals surface area contributed by atoms with Crippen LogP contribution in [0.25, 0.3) is 5.65 Å². The van der Waals surface area contributed by atoms with Crippen LogP contribution in [0.15, 0.2) is 63.5 Å². The Morgan fingerprint density at radius 2 is 1.87 bits per heavy atom. The molecule has 0 atom stereocenters. The number of hydrogen-bond acceptors (Lipinski definition) is 11. The van der Waals surface area contributed by atoms with E-state index in [4.69, 9.17) is 22.1 Å². The molecule has 0 unspecified atom stereocenters. The average molecular weight is 653 g/mol. The van der Waals surface area contributed by atoms with E-state index in [2.05, 4.69) is 30.5 Å². The molecule has 1 saturated heterocycles. The molecule has 1 aliphatic heterocycles. The van der Waals surface area contributed by atoms with Crippen molar-refractivity contribution >= 4 is 58.3 Å². The van der Waals surface area contributed by atoms with Crippen LogP contribution in [0.4, 0.5) is 22.1 Å². The molecular formula is C30H33ClN8O5S. The Bertz CT molecular complexity index is 1840. The number of nitrogen functional groups attached to an aromatic ring is 1. The number of carbonyl (C=O) groups is 2. The first kappa shape index (κ1) is 31.9. The predicted molar refractivity (Wildman–Crippen MR) is 172 cm³/mol. The zero-order valence-electron chi connectivity index (χ0n) is 25.1. The minimum atomic E-state index is -0.866. The zero-order chi connectivity index (χ0) is 32.5. The lowest BCUT2D eigenvalue weighted by molar-refractivity contribution is 0.0448. The second-order valence-corrected chi connectivity index (χ2v) is 13.2. The molecule has 0 saturated carbocycles. The number of pyridine rings is 1. The summed E-state index contributed by atoms with van der Waals surface area (Å²) in [5, 5.41) is 16.5. The molecule has 5 N–H and O–H groups in total. The number of amides is 2. The molecule has 4 heterocycles. The first-order valence-electron chi connectivity index (χ1n) is 14.1. The fraction of sp³-hybridized carbons (Fsp3) is 0.333. The molecule has 5 rings (SSSR count). The van der Waals surface area contributed by atoms with Gasteiger partial charge in [-0.15, -0.1) is 0 Å². The van der Waals surface area contributed by atoms with E-state index in [1.807, 2.05) is 27.7 Å². The molecule has 0 radical (unpaired) electrons. The Kier molecular flexibility index (Phi) is 8.81. The number of carbonyl (C=O) groups excluding carboxylic acids is 2. The number of hydrogen-bond donors (Lipinski definition) is 4. The van der Waals surface area contributed by atoms with Crippen LogP contribution in [0, 0.1) is 0 Å². The number of ether oxygens (including phenoxy) is 1. The second-order valence-electron chi connectivity index (χ2n) is 11.8. The number of nitrogens with zero attached hydrogens (tertiary/aromatic N) is 5. The highest BCUT2D eigenvalue weighted by Crippen LogP contribution is 2.39. The summed E-state index contributed by atoms with van der Waals surface area (Å²) in [4.78, 5) is 53.8. The summed E-state index contributed by atoms with van der Waals surface area (Å²) in [5.41, 5.74) is 4.48. The highest BCUT2D eigenvalue weighted by Gasteiger charge is 2.34. The van der Waals surface area contributed by atoms with Gasteiger partial charge in [0.1, 0.15) is 22.1 Å². The molecule has 2 amide bonds. The Labute approximate surface area is 268 Å². The summed E-state index contributed by atoms with van der Waals surface area (Å²) in [5.74, 6) is -0.747. The Morgan fingerprint density at radius 3 is 2.56 bits per heavy atom. The molecule has 0 spiro atoms. The van der Waals surface area contributed by atoms with Gasteiger partial charge in [-0.25, -0.2) is 14.8 Å². The van der Waals surface area contributed by atoms with Crippen molar-refractivity contribution in [2.75, 3.05) is 29.0 Å². The molecule has 1 aromatic carbocycles.